The van der Waals surface area contributed by atoms with Crippen LogP contribution in [0.15, 0.2) is 72.3 Å². The summed E-state index contributed by atoms with van der Waals surface area (Å²) in [4.78, 5) is 15.0. The molecule has 0 saturated heterocycles. The molecule has 3 rings (SSSR count). The van der Waals surface area contributed by atoms with E-state index in [0.29, 0.717) is 5.56 Å². The molecular formula is C19H20N2O2. The molecule has 1 aliphatic carbocycles. The zero-order chi connectivity index (χ0) is 16.1. The van der Waals surface area contributed by atoms with E-state index in [9.17, 15) is 4.79 Å². The lowest BCUT2D eigenvalue weighted by Gasteiger charge is -2.20. The van der Waals surface area contributed by atoms with Crippen molar-refractivity contribution < 1.29 is 9.53 Å². The number of rotatable bonds is 5. The van der Waals surface area contributed by atoms with Gasteiger partial charge in [0.15, 0.2) is 0 Å². The first-order valence-corrected chi connectivity index (χ1v) is 7.63. The predicted molar refractivity (Wildman–Crippen MR) is 90.9 cm³/mol. The van der Waals surface area contributed by atoms with E-state index in [0.717, 1.165) is 37.2 Å². The Labute approximate surface area is 136 Å². The smallest absolute Gasteiger partial charge is 0.150 e. The summed E-state index contributed by atoms with van der Waals surface area (Å²) in [5.74, 6) is 0.733. The third-order valence-corrected chi connectivity index (χ3v) is 3.80. The molecule has 0 atom stereocenters. The Kier molecular flexibility index (Phi) is 4.62. The van der Waals surface area contributed by atoms with Crippen LogP contribution < -0.4 is 4.74 Å². The van der Waals surface area contributed by atoms with Gasteiger partial charge in [0.05, 0.1) is 12.9 Å². The molecular weight excluding hydrogens is 288 g/mol. The molecule has 2 aliphatic rings. The fraction of sp³-hybridized carbons (Fsp3) is 0.211. The number of allylic oxidation sites excluding steroid dienone is 3. The number of carbonyl (C=O) groups excluding carboxylic acids is 1. The zero-order valence-corrected chi connectivity index (χ0v) is 13.2. The Morgan fingerprint density at radius 3 is 2.61 bits per heavy atom. The van der Waals surface area contributed by atoms with Gasteiger partial charge in [-0.05, 0) is 41.8 Å². The molecule has 0 N–H and O–H groups in total. The highest BCUT2D eigenvalue weighted by Crippen LogP contribution is 2.19. The first kappa shape index (κ1) is 15.2. The molecule has 1 aromatic rings. The topological polar surface area (TPSA) is 32.8 Å². The highest BCUT2D eigenvalue weighted by molar-refractivity contribution is 5.74. The van der Waals surface area contributed by atoms with Crippen molar-refractivity contribution in [3.8, 4) is 5.75 Å². The maximum absolute atomic E-state index is 10.6. The van der Waals surface area contributed by atoms with Crippen LogP contribution in [0.25, 0.3) is 0 Å². The molecule has 23 heavy (non-hydrogen) atoms. The fourth-order valence-electron chi connectivity index (χ4n) is 2.50. The molecule has 0 saturated carbocycles. The maximum Gasteiger partial charge on any atom is 0.150 e. The van der Waals surface area contributed by atoms with Gasteiger partial charge in [-0.15, -0.1) is 0 Å². The molecule has 4 nitrogen and oxygen atoms in total. The Morgan fingerprint density at radius 1 is 1.17 bits per heavy atom. The minimum atomic E-state index is 0.650. The van der Waals surface area contributed by atoms with Crippen LogP contribution in [-0.2, 0) is 0 Å². The molecule has 0 amide bonds. The average Bonchev–Trinajstić information content (AvgIpc) is 2.99. The second-order valence-electron chi connectivity index (χ2n) is 5.76. The summed E-state index contributed by atoms with van der Waals surface area (Å²) in [5, 5.41) is 0. The van der Waals surface area contributed by atoms with Crippen LogP contribution in [0.2, 0.25) is 0 Å². The van der Waals surface area contributed by atoms with Gasteiger partial charge in [-0.1, -0.05) is 18.2 Å². The summed E-state index contributed by atoms with van der Waals surface area (Å²) < 4.78 is 5.64. The molecule has 118 valence electrons. The summed E-state index contributed by atoms with van der Waals surface area (Å²) in [7, 11) is 2.07. The molecule has 0 unspecified atom stereocenters. The van der Waals surface area contributed by atoms with Crippen LogP contribution in [0.5, 0.6) is 5.75 Å². The van der Waals surface area contributed by atoms with E-state index in [1.807, 2.05) is 0 Å². The molecule has 4 heteroatoms. The molecule has 1 aliphatic heterocycles. The lowest BCUT2D eigenvalue weighted by Crippen LogP contribution is -2.24. The molecule has 0 spiro atoms. The number of nitrogens with zero attached hydrogens (tertiary/aromatic N) is 2. The Balaban J connectivity index is 1.52. The van der Waals surface area contributed by atoms with Gasteiger partial charge >= 0.3 is 0 Å². The van der Waals surface area contributed by atoms with E-state index in [1.54, 1.807) is 30.5 Å². The van der Waals surface area contributed by atoms with Crippen molar-refractivity contribution in [3.63, 3.8) is 0 Å². The quantitative estimate of drug-likeness (QED) is 0.617. The van der Waals surface area contributed by atoms with Gasteiger partial charge in [-0.2, -0.15) is 0 Å². The van der Waals surface area contributed by atoms with Crippen molar-refractivity contribution in [2.45, 2.75) is 6.42 Å². The van der Waals surface area contributed by atoms with Gasteiger partial charge in [0, 0.05) is 31.6 Å². The number of hydrogen-bond donors (Lipinski definition) is 0. The van der Waals surface area contributed by atoms with Crippen LogP contribution in [0.4, 0.5) is 0 Å². The van der Waals surface area contributed by atoms with E-state index >= 15 is 0 Å². The fourth-order valence-corrected chi connectivity index (χ4v) is 2.50. The Hall–Kier alpha value is -2.75. The Morgan fingerprint density at radius 2 is 2.00 bits per heavy atom. The number of carbonyl (C=O) groups is 1. The Bertz CT molecular complexity index is 684. The molecule has 0 aromatic heterocycles. The second-order valence-corrected chi connectivity index (χ2v) is 5.76. The second kappa shape index (κ2) is 7.01. The lowest BCUT2D eigenvalue weighted by atomic mass is 10.0. The highest BCUT2D eigenvalue weighted by Gasteiger charge is 2.10. The van der Waals surface area contributed by atoms with Crippen molar-refractivity contribution in [1.29, 1.82) is 0 Å². The van der Waals surface area contributed by atoms with Crippen molar-refractivity contribution in [1.82, 2.24) is 9.80 Å². The summed E-state index contributed by atoms with van der Waals surface area (Å²) >= 11 is 0. The van der Waals surface area contributed by atoms with Gasteiger partial charge in [0.1, 0.15) is 12.0 Å². The summed E-state index contributed by atoms with van der Waals surface area (Å²) in [6, 6.07) is 7.09. The molecule has 0 bridgehead atoms. The molecule has 0 fully saturated rings. The lowest BCUT2D eigenvalue weighted by molar-refractivity contribution is 0.112. The van der Waals surface area contributed by atoms with Gasteiger partial charge < -0.3 is 14.5 Å². The van der Waals surface area contributed by atoms with Gasteiger partial charge in [0.25, 0.3) is 0 Å². The van der Waals surface area contributed by atoms with Gasteiger partial charge in [-0.25, -0.2) is 0 Å². The van der Waals surface area contributed by atoms with Crippen molar-refractivity contribution in [3.05, 3.63) is 77.9 Å². The minimum absolute atomic E-state index is 0.650. The van der Waals surface area contributed by atoms with E-state index in [1.165, 1.54) is 5.57 Å². The van der Waals surface area contributed by atoms with Crippen molar-refractivity contribution in [2.24, 2.45) is 0 Å². The maximum atomic E-state index is 10.6. The highest BCUT2D eigenvalue weighted by atomic mass is 16.5. The number of aldehydes is 1. The molecule has 1 aromatic carbocycles. The predicted octanol–water partition coefficient (Wildman–Crippen LogP) is 3.32. The van der Waals surface area contributed by atoms with E-state index < -0.39 is 0 Å². The molecule has 1 heterocycles. The monoisotopic (exact) mass is 308 g/mol. The van der Waals surface area contributed by atoms with Crippen LogP contribution >= 0.6 is 0 Å². The van der Waals surface area contributed by atoms with Crippen molar-refractivity contribution >= 4 is 6.29 Å². The third kappa shape index (κ3) is 4.13. The summed E-state index contributed by atoms with van der Waals surface area (Å²) in [6.45, 7) is 1.87. The van der Waals surface area contributed by atoms with Gasteiger partial charge in [0.2, 0.25) is 0 Å². The van der Waals surface area contributed by atoms with Crippen LogP contribution in [0, 0.1) is 0 Å². The average molecular weight is 308 g/mol. The summed E-state index contributed by atoms with van der Waals surface area (Å²) in [5.41, 5.74) is 3.09. The van der Waals surface area contributed by atoms with Crippen LogP contribution in [-0.4, -0.2) is 36.3 Å². The first-order chi connectivity index (χ1) is 11.2. The normalized spacial score (nSPS) is 18.5. The number of hydrogen-bond acceptors (Lipinski definition) is 4. The van der Waals surface area contributed by atoms with E-state index in [4.69, 9.17) is 4.74 Å². The molecule has 0 radical (unpaired) electrons. The number of ether oxygens (including phenoxy) is 1. The SMILES string of the molecule is CN1C=CN(CC2=CCC(=COc3ccc(C=O)cc3)C=C2)C1. The number of benzene rings is 1. The van der Waals surface area contributed by atoms with Crippen molar-refractivity contribution in [2.75, 3.05) is 20.3 Å². The van der Waals surface area contributed by atoms with E-state index in [2.05, 4.69) is 47.5 Å². The van der Waals surface area contributed by atoms with Gasteiger partial charge in [-0.3, -0.25) is 4.79 Å². The zero-order valence-electron chi connectivity index (χ0n) is 13.2. The van der Waals surface area contributed by atoms with Crippen LogP contribution in [0.1, 0.15) is 16.8 Å². The minimum Gasteiger partial charge on any atom is -0.465 e. The first-order valence-electron chi connectivity index (χ1n) is 7.63. The standard InChI is InChI=1S/C19H20N2O2/c1-20-10-11-21(15-20)12-16-2-4-18(5-3-16)14-23-19-8-6-17(13-22)7-9-19/h2-4,6-11,13-14H,5,12,15H2,1H3. The van der Waals surface area contributed by atoms with Crippen LogP contribution in [0.3, 0.4) is 0 Å². The van der Waals surface area contributed by atoms with E-state index in [-0.39, 0.29) is 0 Å². The largest absolute Gasteiger partial charge is 0.465 e. The summed E-state index contributed by atoms with van der Waals surface area (Å²) in [6.07, 6.45) is 14.1. The third-order valence-electron chi connectivity index (χ3n) is 3.80.